The third-order valence-corrected chi connectivity index (χ3v) is 4.54. The van der Waals surface area contributed by atoms with Gasteiger partial charge in [0, 0.05) is 23.5 Å². The third-order valence-electron chi connectivity index (χ3n) is 4.54. The van der Waals surface area contributed by atoms with Crippen LogP contribution in [0.25, 0.3) is 22.5 Å². The Morgan fingerprint density at radius 1 is 0.593 bits per heavy atom. The summed E-state index contributed by atoms with van der Waals surface area (Å²) in [5, 5.41) is 0. The van der Waals surface area contributed by atoms with E-state index in [1.54, 1.807) is 12.4 Å². The quantitative estimate of drug-likeness (QED) is 0.437. The number of pyridine rings is 2. The fourth-order valence-electron chi connectivity index (χ4n) is 3.06. The topological polar surface area (TPSA) is 35.0 Å². The van der Waals surface area contributed by atoms with E-state index in [1.807, 2.05) is 60.7 Å². The van der Waals surface area contributed by atoms with Crippen LogP contribution in [-0.4, -0.2) is 9.97 Å². The van der Waals surface area contributed by atoms with Gasteiger partial charge in [0.2, 0.25) is 0 Å². The summed E-state index contributed by atoms with van der Waals surface area (Å²) in [6.07, 6.45) is 3.61. The summed E-state index contributed by atoms with van der Waals surface area (Å²) < 4.78 is 6.16. The Morgan fingerprint density at radius 3 is 1.48 bits per heavy atom. The molecule has 27 heavy (non-hydrogen) atoms. The first-order valence-electron chi connectivity index (χ1n) is 8.93. The summed E-state index contributed by atoms with van der Waals surface area (Å²) in [4.78, 5) is 8.92. The van der Waals surface area contributed by atoms with E-state index in [0.717, 1.165) is 34.0 Å². The smallest absolute Gasteiger partial charge is 0.128 e. The highest BCUT2D eigenvalue weighted by molar-refractivity contribution is 5.67. The van der Waals surface area contributed by atoms with Gasteiger partial charge in [0.1, 0.15) is 11.5 Å². The molecule has 0 atom stereocenters. The van der Waals surface area contributed by atoms with Crippen molar-refractivity contribution in [3.05, 3.63) is 96.3 Å². The maximum atomic E-state index is 6.16. The highest BCUT2D eigenvalue weighted by Crippen LogP contribution is 2.32. The van der Waals surface area contributed by atoms with E-state index in [9.17, 15) is 0 Å². The number of hydrogen-bond donors (Lipinski definition) is 0. The predicted molar refractivity (Wildman–Crippen MR) is 109 cm³/mol. The lowest BCUT2D eigenvalue weighted by Crippen LogP contribution is -1.91. The van der Waals surface area contributed by atoms with Crippen LogP contribution in [0.5, 0.6) is 11.5 Å². The monoisotopic (exact) mass is 352 g/mol. The molecule has 0 aliphatic carbocycles. The Labute approximate surface area is 159 Å². The normalized spacial score (nSPS) is 10.6. The van der Waals surface area contributed by atoms with Crippen LogP contribution in [0.1, 0.15) is 11.1 Å². The Morgan fingerprint density at radius 2 is 1.07 bits per heavy atom. The number of aromatic nitrogens is 2. The van der Waals surface area contributed by atoms with E-state index in [2.05, 4.69) is 35.9 Å². The van der Waals surface area contributed by atoms with Gasteiger partial charge in [0.15, 0.2) is 0 Å². The van der Waals surface area contributed by atoms with Crippen molar-refractivity contribution >= 4 is 0 Å². The first-order valence-corrected chi connectivity index (χ1v) is 8.93. The lowest BCUT2D eigenvalue weighted by molar-refractivity contribution is 0.483. The second-order valence-corrected chi connectivity index (χ2v) is 6.49. The van der Waals surface area contributed by atoms with Gasteiger partial charge in [-0.05, 0) is 73.5 Å². The highest BCUT2D eigenvalue weighted by Gasteiger charge is 2.08. The lowest BCUT2D eigenvalue weighted by Gasteiger charge is -2.12. The van der Waals surface area contributed by atoms with Gasteiger partial charge in [0.05, 0.1) is 11.4 Å². The molecule has 0 N–H and O–H groups in total. The summed E-state index contributed by atoms with van der Waals surface area (Å²) in [7, 11) is 0. The summed E-state index contributed by atoms with van der Waals surface area (Å²) in [6.45, 7) is 4.16. The van der Waals surface area contributed by atoms with Gasteiger partial charge in [0.25, 0.3) is 0 Å². The van der Waals surface area contributed by atoms with Gasteiger partial charge in [-0.15, -0.1) is 0 Å². The molecule has 0 unspecified atom stereocenters. The van der Waals surface area contributed by atoms with Crippen LogP contribution in [-0.2, 0) is 0 Å². The molecule has 0 saturated carbocycles. The summed E-state index contributed by atoms with van der Waals surface area (Å²) in [5.41, 5.74) is 6.37. The molecule has 0 radical (unpaired) electrons. The van der Waals surface area contributed by atoms with Gasteiger partial charge in [-0.2, -0.15) is 0 Å². The fourth-order valence-corrected chi connectivity index (χ4v) is 3.06. The third kappa shape index (κ3) is 3.72. The zero-order valence-electron chi connectivity index (χ0n) is 15.4. The van der Waals surface area contributed by atoms with E-state index >= 15 is 0 Å². The molecule has 0 aliphatic heterocycles. The molecule has 4 aromatic rings. The first kappa shape index (κ1) is 17.0. The van der Waals surface area contributed by atoms with Crippen LogP contribution in [0.2, 0.25) is 0 Å². The SMILES string of the molecule is Cc1ccc(Oc2ccc(C)c(-c3ccccn3)c2)cc1-c1ccccn1. The minimum Gasteiger partial charge on any atom is -0.457 e. The van der Waals surface area contributed by atoms with Crippen molar-refractivity contribution in [2.75, 3.05) is 0 Å². The Bertz CT molecular complexity index is 973. The zero-order valence-corrected chi connectivity index (χ0v) is 15.4. The predicted octanol–water partition coefficient (Wildman–Crippen LogP) is 6.22. The number of benzene rings is 2. The van der Waals surface area contributed by atoms with E-state index in [1.165, 1.54) is 11.1 Å². The Kier molecular flexibility index (Phi) is 4.67. The first-order chi connectivity index (χ1) is 13.2. The van der Waals surface area contributed by atoms with E-state index in [-0.39, 0.29) is 0 Å². The average Bonchev–Trinajstić information content (AvgIpc) is 2.72. The number of aryl methyl sites for hydroxylation is 2. The molecule has 0 saturated heterocycles. The minimum atomic E-state index is 0.789. The highest BCUT2D eigenvalue weighted by atomic mass is 16.5. The van der Waals surface area contributed by atoms with Crippen LogP contribution in [0.15, 0.2) is 85.2 Å². The van der Waals surface area contributed by atoms with Crippen LogP contribution >= 0.6 is 0 Å². The second kappa shape index (κ2) is 7.42. The van der Waals surface area contributed by atoms with Crippen LogP contribution < -0.4 is 4.74 Å². The van der Waals surface area contributed by atoms with Gasteiger partial charge < -0.3 is 4.74 Å². The van der Waals surface area contributed by atoms with Crippen molar-refractivity contribution in [3.8, 4) is 34.0 Å². The molecule has 2 heterocycles. The summed E-state index contributed by atoms with van der Waals surface area (Å²) in [5.74, 6) is 1.58. The maximum absolute atomic E-state index is 6.16. The Hall–Kier alpha value is -3.46. The fraction of sp³-hybridized carbons (Fsp3) is 0.0833. The van der Waals surface area contributed by atoms with Gasteiger partial charge in [-0.3, -0.25) is 9.97 Å². The standard InChI is InChI=1S/C24H20N2O/c1-17-9-11-19(15-21(17)23-7-3-5-13-25-23)27-20-12-10-18(2)22(16-20)24-8-4-6-14-26-24/h3-16H,1-2H3. The summed E-state index contributed by atoms with van der Waals surface area (Å²) >= 11 is 0. The van der Waals surface area contributed by atoms with Crippen molar-refractivity contribution in [3.63, 3.8) is 0 Å². The van der Waals surface area contributed by atoms with Gasteiger partial charge in [-0.1, -0.05) is 24.3 Å². The second-order valence-electron chi connectivity index (χ2n) is 6.49. The molecule has 3 heteroatoms. The summed E-state index contributed by atoms with van der Waals surface area (Å²) in [6, 6.07) is 24.0. The van der Waals surface area contributed by atoms with Crippen molar-refractivity contribution in [2.45, 2.75) is 13.8 Å². The van der Waals surface area contributed by atoms with E-state index in [0.29, 0.717) is 0 Å². The average molecular weight is 352 g/mol. The maximum Gasteiger partial charge on any atom is 0.128 e. The molecule has 3 nitrogen and oxygen atoms in total. The molecular formula is C24H20N2O. The molecule has 0 spiro atoms. The van der Waals surface area contributed by atoms with E-state index in [4.69, 9.17) is 4.74 Å². The lowest BCUT2D eigenvalue weighted by atomic mass is 10.0. The Balaban J connectivity index is 1.67. The van der Waals surface area contributed by atoms with Crippen LogP contribution in [0.3, 0.4) is 0 Å². The number of nitrogens with zero attached hydrogens (tertiary/aromatic N) is 2. The van der Waals surface area contributed by atoms with Crippen LogP contribution in [0, 0.1) is 13.8 Å². The van der Waals surface area contributed by atoms with Crippen molar-refractivity contribution in [1.82, 2.24) is 9.97 Å². The van der Waals surface area contributed by atoms with Crippen molar-refractivity contribution < 1.29 is 4.74 Å². The number of hydrogen-bond acceptors (Lipinski definition) is 3. The molecular weight excluding hydrogens is 332 g/mol. The van der Waals surface area contributed by atoms with Gasteiger partial charge in [-0.25, -0.2) is 0 Å². The van der Waals surface area contributed by atoms with Gasteiger partial charge >= 0.3 is 0 Å². The van der Waals surface area contributed by atoms with Crippen molar-refractivity contribution in [1.29, 1.82) is 0 Å². The zero-order chi connectivity index (χ0) is 18.6. The molecule has 0 aliphatic rings. The number of rotatable bonds is 4. The molecule has 4 rings (SSSR count). The number of ether oxygens (including phenoxy) is 1. The van der Waals surface area contributed by atoms with E-state index < -0.39 is 0 Å². The molecule has 2 aromatic carbocycles. The molecule has 132 valence electrons. The molecule has 0 fully saturated rings. The molecule has 2 aromatic heterocycles. The van der Waals surface area contributed by atoms with Crippen LogP contribution in [0.4, 0.5) is 0 Å². The largest absolute Gasteiger partial charge is 0.457 e. The van der Waals surface area contributed by atoms with Crippen molar-refractivity contribution in [2.24, 2.45) is 0 Å². The molecule has 0 bridgehead atoms. The minimum absolute atomic E-state index is 0.789. The molecule has 0 amide bonds.